The van der Waals surface area contributed by atoms with Crippen LogP contribution in [0.25, 0.3) is 0 Å². The first-order valence-corrected chi connectivity index (χ1v) is 17.2. The summed E-state index contributed by atoms with van der Waals surface area (Å²) in [5.41, 5.74) is -1.40. The third kappa shape index (κ3) is 6.07. The molecular weight excluding hydrogens is 631 g/mol. The van der Waals surface area contributed by atoms with E-state index in [1.54, 1.807) is 6.92 Å². The van der Waals surface area contributed by atoms with Gasteiger partial charge in [-0.3, -0.25) is 24.5 Å². The number of nitrogens with zero attached hydrogens (tertiary/aromatic N) is 2. The molecule has 246 valence electrons. The molecule has 0 aliphatic carbocycles. The Morgan fingerprint density at radius 1 is 0.833 bits per heavy atom. The number of hydrogen-bond acceptors (Lipinski definition) is 8. The number of esters is 2. The molecule has 1 amide bonds. The standard InChI is InChI=1S/C37H35N2O8P/c1-4-46-36(43)37(3,26(2)40)32-24-33(41)38(32)34(35(42)47-25-27-20-22-28(23-21-27)39(44)45)48(29-14-8-5-9-15-29,30-16-10-6-11-17-30)31-18-12-7-13-19-31/h5-23,32H,4,24-25H2,1-3H3. The Hall–Kier alpha value is -5.34. The monoisotopic (exact) mass is 666 g/mol. The van der Waals surface area contributed by atoms with E-state index >= 15 is 0 Å². The summed E-state index contributed by atoms with van der Waals surface area (Å²) in [4.78, 5) is 67.5. The van der Waals surface area contributed by atoms with Crippen molar-refractivity contribution in [1.29, 1.82) is 0 Å². The highest BCUT2D eigenvalue weighted by atomic mass is 31.2. The molecule has 0 N–H and O–H groups in total. The maximum absolute atomic E-state index is 14.8. The summed E-state index contributed by atoms with van der Waals surface area (Å²) in [5, 5.41) is 13.4. The van der Waals surface area contributed by atoms with Crippen LogP contribution in [0.2, 0.25) is 0 Å². The molecule has 1 fully saturated rings. The Morgan fingerprint density at radius 2 is 1.31 bits per heavy atom. The molecule has 0 spiro atoms. The summed E-state index contributed by atoms with van der Waals surface area (Å²) in [6.45, 7) is 0.810. The van der Waals surface area contributed by atoms with Crippen LogP contribution in [-0.2, 0) is 35.3 Å². The molecule has 11 heteroatoms. The largest absolute Gasteiger partial charge is 0.465 e. The Morgan fingerprint density at radius 3 is 1.71 bits per heavy atom. The number of hydrogen-bond donors (Lipinski definition) is 0. The second-order valence-electron chi connectivity index (χ2n) is 11.5. The van der Waals surface area contributed by atoms with Crippen molar-refractivity contribution in [2.45, 2.75) is 39.8 Å². The molecule has 1 aliphatic rings. The number of nitro groups is 1. The lowest BCUT2D eigenvalue weighted by Gasteiger charge is -2.50. The van der Waals surface area contributed by atoms with E-state index in [-0.39, 0.29) is 30.7 Å². The van der Waals surface area contributed by atoms with Crippen molar-refractivity contribution >= 4 is 57.5 Å². The number of Topliss-reactive ketones (excluding diaryl/α,β-unsaturated/α-hetero) is 1. The molecule has 0 aromatic heterocycles. The maximum atomic E-state index is 14.8. The molecule has 0 saturated carbocycles. The third-order valence-electron chi connectivity index (χ3n) is 8.72. The van der Waals surface area contributed by atoms with E-state index < -0.39 is 46.9 Å². The van der Waals surface area contributed by atoms with Gasteiger partial charge in [-0.25, -0.2) is 4.79 Å². The average Bonchev–Trinajstić information content (AvgIpc) is 3.10. The summed E-state index contributed by atoms with van der Waals surface area (Å²) in [6, 6.07) is 32.6. The number of non-ortho nitro benzene ring substituents is 1. The molecule has 2 unspecified atom stereocenters. The van der Waals surface area contributed by atoms with Gasteiger partial charge < -0.3 is 14.4 Å². The summed E-state index contributed by atoms with van der Waals surface area (Å²) in [6.07, 6.45) is -0.174. The first-order valence-electron chi connectivity index (χ1n) is 15.4. The van der Waals surface area contributed by atoms with E-state index in [9.17, 15) is 29.3 Å². The molecule has 0 radical (unpaired) electrons. The Bertz CT molecular complexity index is 1790. The fourth-order valence-electron chi connectivity index (χ4n) is 6.03. The first kappa shape index (κ1) is 34.0. The van der Waals surface area contributed by atoms with Gasteiger partial charge in [0, 0.05) is 25.4 Å². The van der Waals surface area contributed by atoms with Crippen LogP contribution in [0.5, 0.6) is 0 Å². The van der Waals surface area contributed by atoms with Crippen molar-refractivity contribution in [3.05, 3.63) is 131 Å². The number of carbonyl (C=O) groups excluding carboxylic acids is 4. The fraction of sp³-hybridized carbons (Fsp3) is 0.216. The first-order chi connectivity index (χ1) is 23.1. The minimum atomic E-state index is -3.31. The van der Waals surface area contributed by atoms with Gasteiger partial charge in [-0.1, -0.05) is 91.0 Å². The Balaban J connectivity index is 1.85. The van der Waals surface area contributed by atoms with Gasteiger partial charge in [0.2, 0.25) is 5.91 Å². The lowest BCUT2D eigenvalue weighted by Crippen LogP contribution is -2.68. The van der Waals surface area contributed by atoms with Gasteiger partial charge in [0.25, 0.3) is 5.69 Å². The fourth-order valence-corrected chi connectivity index (χ4v) is 10.4. The van der Waals surface area contributed by atoms with Crippen LogP contribution >= 0.6 is 6.89 Å². The van der Waals surface area contributed by atoms with Gasteiger partial charge in [-0.15, -0.1) is 0 Å². The predicted octanol–water partition coefficient (Wildman–Crippen LogP) is 4.52. The number of ketones is 1. The zero-order chi connectivity index (χ0) is 34.5. The molecule has 10 nitrogen and oxygen atoms in total. The molecule has 2 atom stereocenters. The normalized spacial score (nSPS) is 15.4. The van der Waals surface area contributed by atoms with E-state index in [1.165, 1.54) is 43.0 Å². The van der Waals surface area contributed by atoms with Crippen LogP contribution in [0.15, 0.2) is 115 Å². The predicted molar refractivity (Wildman–Crippen MR) is 184 cm³/mol. The minimum Gasteiger partial charge on any atom is -0.465 e. The van der Waals surface area contributed by atoms with E-state index in [0.717, 1.165) is 15.9 Å². The van der Waals surface area contributed by atoms with Gasteiger partial charge in [-0.2, -0.15) is 0 Å². The number of β-lactam (4-membered cyclic amide) rings is 1. The number of likely N-dealkylation sites (tertiary alicyclic amines) is 1. The van der Waals surface area contributed by atoms with Crippen LogP contribution in [0.3, 0.4) is 0 Å². The molecule has 5 rings (SSSR count). The summed E-state index contributed by atoms with van der Waals surface area (Å²) in [5.74, 6) is -2.58. The van der Waals surface area contributed by atoms with Crippen LogP contribution in [0.1, 0.15) is 32.8 Å². The molecule has 48 heavy (non-hydrogen) atoms. The van der Waals surface area contributed by atoms with E-state index in [0.29, 0.717) is 5.56 Å². The van der Waals surface area contributed by atoms with Gasteiger partial charge in [-0.05, 0) is 54.4 Å². The summed E-state index contributed by atoms with van der Waals surface area (Å²) in [7, 11) is 0. The lowest BCUT2D eigenvalue weighted by atomic mass is 9.72. The SMILES string of the molecule is CCOC(=O)C(C)(C(C)=O)C1CC(=O)N1C(C(=O)OCc1ccc([N+](=O)[O-])cc1)=P(c1ccccc1)(c1ccccc1)c1ccccc1. The van der Waals surface area contributed by atoms with E-state index in [2.05, 4.69) is 0 Å². The maximum Gasteiger partial charge on any atom is 0.356 e. The van der Waals surface area contributed by atoms with Crippen LogP contribution in [0.4, 0.5) is 5.69 Å². The minimum absolute atomic E-state index is 0.00559. The molecule has 4 aromatic carbocycles. The van der Waals surface area contributed by atoms with Crippen molar-refractivity contribution in [2.24, 2.45) is 5.41 Å². The number of nitro benzene ring substituents is 1. The highest BCUT2D eigenvalue weighted by Gasteiger charge is 2.59. The zero-order valence-corrected chi connectivity index (χ0v) is 27.7. The number of carbonyl (C=O) groups is 4. The van der Waals surface area contributed by atoms with Crippen molar-refractivity contribution in [2.75, 3.05) is 6.61 Å². The van der Waals surface area contributed by atoms with E-state index in [4.69, 9.17) is 9.47 Å². The number of rotatable bonds is 12. The molecule has 4 aromatic rings. The van der Waals surface area contributed by atoms with Gasteiger partial charge in [0.05, 0.1) is 17.6 Å². The molecule has 1 heterocycles. The second kappa shape index (κ2) is 14.2. The summed E-state index contributed by atoms with van der Waals surface area (Å²) < 4.78 is 11.3. The highest BCUT2D eigenvalue weighted by Crippen LogP contribution is 2.50. The van der Waals surface area contributed by atoms with Gasteiger partial charge in [0.15, 0.2) is 0 Å². The van der Waals surface area contributed by atoms with Crippen LogP contribution in [0, 0.1) is 15.5 Å². The molecule has 1 aliphatic heterocycles. The van der Waals surface area contributed by atoms with Gasteiger partial charge in [0.1, 0.15) is 23.2 Å². The number of benzene rings is 4. The highest BCUT2D eigenvalue weighted by molar-refractivity contribution is 7.96. The number of amides is 1. The van der Waals surface area contributed by atoms with E-state index in [1.807, 2.05) is 91.0 Å². The number of ether oxygens (including phenoxy) is 2. The van der Waals surface area contributed by atoms with Gasteiger partial charge >= 0.3 is 11.9 Å². The van der Waals surface area contributed by atoms with Crippen LogP contribution in [-0.4, -0.2) is 51.5 Å². The molecule has 1 saturated heterocycles. The molecule has 0 bridgehead atoms. The van der Waals surface area contributed by atoms with Crippen molar-refractivity contribution in [3.8, 4) is 0 Å². The summed E-state index contributed by atoms with van der Waals surface area (Å²) >= 11 is 0. The Labute approximate surface area is 278 Å². The molecular formula is C37H35N2O8P. The van der Waals surface area contributed by atoms with Crippen molar-refractivity contribution in [1.82, 2.24) is 4.90 Å². The third-order valence-corrected chi connectivity index (χ3v) is 13.0. The zero-order valence-electron chi connectivity index (χ0n) is 26.8. The van der Waals surface area contributed by atoms with Crippen LogP contribution < -0.4 is 15.9 Å². The quantitative estimate of drug-likeness (QED) is 0.0539. The van der Waals surface area contributed by atoms with Crippen molar-refractivity contribution in [3.63, 3.8) is 0 Å². The Kier molecular flexibility index (Phi) is 10.1. The lowest BCUT2D eigenvalue weighted by molar-refractivity contribution is -0.384. The second-order valence-corrected chi connectivity index (χ2v) is 14.8. The van der Waals surface area contributed by atoms with Crippen molar-refractivity contribution < 1.29 is 33.6 Å². The smallest absolute Gasteiger partial charge is 0.356 e. The average molecular weight is 667 g/mol. The topological polar surface area (TPSA) is 133 Å².